The van der Waals surface area contributed by atoms with Crippen molar-refractivity contribution in [2.75, 3.05) is 30.1 Å². The molecular weight excluding hydrogens is 372 g/mol. The van der Waals surface area contributed by atoms with Crippen LogP contribution in [0.1, 0.15) is 0 Å². The predicted octanol–water partition coefficient (Wildman–Crippen LogP) is 3.32. The van der Waals surface area contributed by atoms with Crippen molar-refractivity contribution in [1.82, 2.24) is 19.7 Å². The Bertz CT molecular complexity index is 937. The van der Waals surface area contributed by atoms with E-state index in [1.165, 1.54) is 11.8 Å². The number of aromatic nitrogens is 4. The van der Waals surface area contributed by atoms with Gasteiger partial charge in [0.1, 0.15) is 0 Å². The quantitative estimate of drug-likeness (QED) is 0.467. The lowest BCUT2D eigenvalue weighted by Crippen LogP contribution is -2.15. The molecule has 144 valence electrons. The van der Waals surface area contributed by atoms with E-state index in [2.05, 4.69) is 27.1 Å². The zero-order chi connectivity index (χ0) is 19.9. The molecular formula is C20H22N6OS. The summed E-state index contributed by atoms with van der Waals surface area (Å²) in [6.45, 7) is 4.36. The number of rotatable bonds is 8. The summed E-state index contributed by atoms with van der Waals surface area (Å²) in [7, 11) is 3.95. The summed E-state index contributed by atoms with van der Waals surface area (Å²) in [6.07, 6.45) is 5.21. The molecule has 0 spiro atoms. The van der Waals surface area contributed by atoms with Crippen LogP contribution in [0.4, 0.5) is 11.4 Å². The maximum atomic E-state index is 12.3. The number of anilines is 2. The molecule has 1 amide bonds. The van der Waals surface area contributed by atoms with Gasteiger partial charge < -0.3 is 10.2 Å². The molecule has 0 bridgehead atoms. The summed E-state index contributed by atoms with van der Waals surface area (Å²) in [5, 5.41) is 12.1. The predicted molar refractivity (Wildman–Crippen MR) is 114 cm³/mol. The van der Waals surface area contributed by atoms with Crippen LogP contribution in [0.5, 0.6) is 0 Å². The van der Waals surface area contributed by atoms with E-state index in [-0.39, 0.29) is 11.7 Å². The van der Waals surface area contributed by atoms with Crippen molar-refractivity contribution in [3.05, 3.63) is 61.4 Å². The second-order valence-corrected chi connectivity index (χ2v) is 7.16. The lowest BCUT2D eigenvalue weighted by Gasteiger charge is -2.13. The third-order valence-corrected chi connectivity index (χ3v) is 4.93. The number of hydrogen-bond donors (Lipinski definition) is 1. The highest BCUT2D eigenvalue weighted by atomic mass is 32.2. The highest BCUT2D eigenvalue weighted by molar-refractivity contribution is 7.99. The fourth-order valence-corrected chi connectivity index (χ4v) is 3.32. The molecule has 0 unspecified atom stereocenters. The largest absolute Gasteiger partial charge is 0.378 e. The number of carbonyl (C=O) groups excluding carboxylic acids is 1. The number of nitrogens with zero attached hydrogens (tertiary/aromatic N) is 5. The number of hydrogen-bond acceptors (Lipinski definition) is 6. The number of amides is 1. The van der Waals surface area contributed by atoms with Gasteiger partial charge in [0.05, 0.1) is 5.75 Å². The van der Waals surface area contributed by atoms with Crippen LogP contribution < -0.4 is 10.2 Å². The second kappa shape index (κ2) is 9.18. The van der Waals surface area contributed by atoms with Gasteiger partial charge in [-0.25, -0.2) is 0 Å². The Balaban J connectivity index is 1.66. The Hall–Kier alpha value is -3.13. The van der Waals surface area contributed by atoms with Crippen LogP contribution in [0.3, 0.4) is 0 Å². The topological polar surface area (TPSA) is 75.9 Å². The first-order chi connectivity index (χ1) is 13.6. The van der Waals surface area contributed by atoms with E-state index in [1.807, 2.05) is 60.0 Å². The van der Waals surface area contributed by atoms with Crippen molar-refractivity contribution in [2.24, 2.45) is 0 Å². The summed E-state index contributed by atoms with van der Waals surface area (Å²) < 4.78 is 1.94. The molecule has 0 aliphatic rings. The molecule has 1 aromatic carbocycles. The number of allylic oxidation sites excluding steroid dienone is 1. The van der Waals surface area contributed by atoms with Crippen LogP contribution in [0.2, 0.25) is 0 Å². The summed E-state index contributed by atoms with van der Waals surface area (Å²) in [5.41, 5.74) is 2.76. The average Bonchev–Trinajstić information content (AvgIpc) is 3.10. The summed E-state index contributed by atoms with van der Waals surface area (Å²) in [5.74, 6) is 0.867. The van der Waals surface area contributed by atoms with Crippen molar-refractivity contribution in [2.45, 2.75) is 11.7 Å². The summed E-state index contributed by atoms with van der Waals surface area (Å²) in [4.78, 5) is 18.4. The van der Waals surface area contributed by atoms with E-state index < -0.39 is 0 Å². The number of benzene rings is 1. The van der Waals surface area contributed by atoms with Gasteiger partial charge in [-0.3, -0.25) is 14.3 Å². The lowest BCUT2D eigenvalue weighted by atomic mass is 10.2. The monoisotopic (exact) mass is 394 g/mol. The van der Waals surface area contributed by atoms with E-state index >= 15 is 0 Å². The highest BCUT2D eigenvalue weighted by Gasteiger charge is 2.15. The normalized spacial score (nSPS) is 10.5. The van der Waals surface area contributed by atoms with Crippen molar-refractivity contribution in [1.29, 1.82) is 0 Å². The number of thioether (sulfide) groups is 1. The molecule has 8 heteroatoms. The van der Waals surface area contributed by atoms with E-state index in [9.17, 15) is 4.79 Å². The number of pyridine rings is 1. The molecule has 28 heavy (non-hydrogen) atoms. The van der Waals surface area contributed by atoms with E-state index in [0.717, 1.165) is 22.8 Å². The van der Waals surface area contributed by atoms with Gasteiger partial charge in [-0.1, -0.05) is 17.8 Å². The Morgan fingerprint density at radius 3 is 2.54 bits per heavy atom. The SMILES string of the molecule is C=CCn1c(SCC(=O)Nc2ccc(N(C)C)cc2)nnc1-c1ccncc1. The minimum atomic E-state index is -0.0961. The third kappa shape index (κ3) is 4.77. The Labute approximate surface area is 168 Å². The molecule has 0 aliphatic heterocycles. The summed E-state index contributed by atoms with van der Waals surface area (Å²) >= 11 is 1.34. The van der Waals surface area contributed by atoms with Gasteiger partial charge in [0.2, 0.25) is 5.91 Å². The average molecular weight is 395 g/mol. The fourth-order valence-electron chi connectivity index (χ4n) is 2.57. The molecule has 3 aromatic rings. The van der Waals surface area contributed by atoms with Crippen molar-refractivity contribution in [3.63, 3.8) is 0 Å². The lowest BCUT2D eigenvalue weighted by molar-refractivity contribution is -0.113. The van der Waals surface area contributed by atoms with E-state index in [4.69, 9.17) is 0 Å². The van der Waals surface area contributed by atoms with Crippen LogP contribution in [0.25, 0.3) is 11.4 Å². The van der Waals surface area contributed by atoms with Gasteiger partial charge in [0, 0.05) is 50.0 Å². The van der Waals surface area contributed by atoms with Gasteiger partial charge in [-0.2, -0.15) is 0 Å². The van der Waals surface area contributed by atoms with Gasteiger partial charge in [-0.05, 0) is 36.4 Å². The van der Waals surface area contributed by atoms with Gasteiger partial charge >= 0.3 is 0 Å². The summed E-state index contributed by atoms with van der Waals surface area (Å²) in [6, 6.07) is 11.5. The van der Waals surface area contributed by atoms with Crippen LogP contribution in [-0.4, -0.2) is 45.5 Å². The second-order valence-electron chi connectivity index (χ2n) is 6.22. The Kier molecular flexibility index (Phi) is 6.44. The van der Waals surface area contributed by atoms with Crippen LogP contribution in [0, 0.1) is 0 Å². The molecule has 1 N–H and O–H groups in total. The zero-order valence-corrected chi connectivity index (χ0v) is 16.7. The van der Waals surface area contributed by atoms with E-state index in [1.54, 1.807) is 18.5 Å². The Morgan fingerprint density at radius 2 is 1.89 bits per heavy atom. The molecule has 2 aromatic heterocycles. The van der Waals surface area contributed by atoms with Crippen molar-refractivity contribution >= 4 is 29.0 Å². The third-order valence-electron chi connectivity index (χ3n) is 3.97. The smallest absolute Gasteiger partial charge is 0.234 e. The van der Waals surface area contributed by atoms with Crippen molar-refractivity contribution in [3.8, 4) is 11.4 Å². The number of carbonyl (C=O) groups is 1. The number of nitrogens with one attached hydrogen (secondary N) is 1. The van der Waals surface area contributed by atoms with Crippen LogP contribution in [-0.2, 0) is 11.3 Å². The fraction of sp³-hybridized carbons (Fsp3) is 0.200. The molecule has 0 atom stereocenters. The standard InChI is InChI=1S/C20H22N6OS/c1-4-13-26-19(15-9-11-21-12-10-15)23-24-20(26)28-14-18(27)22-16-5-7-17(8-6-16)25(2)3/h4-12H,1,13-14H2,2-3H3,(H,22,27). The first-order valence-corrected chi connectivity index (χ1v) is 9.71. The molecule has 3 rings (SSSR count). The molecule has 0 radical (unpaired) electrons. The van der Waals surface area contributed by atoms with Crippen LogP contribution >= 0.6 is 11.8 Å². The maximum absolute atomic E-state index is 12.3. The van der Waals surface area contributed by atoms with Gasteiger partial charge in [0.15, 0.2) is 11.0 Å². The Morgan fingerprint density at radius 1 is 1.18 bits per heavy atom. The highest BCUT2D eigenvalue weighted by Crippen LogP contribution is 2.24. The maximum Gasteiger partial charge on any atom is 0.234 e. The molecule has 0 aliphatic carbocycles. The molecule has 0 fully saturated rings. The van der Waals surface area contributed by atoms with E-state index in [0.29, 0.717) is 11.7 Å². The van der Waals surface area contributed by atoms with Crippen LogP contribution in [0.15, 0.2) is 66.6 Å². The minimum absolute atomic E-state index is 0.0961. The molecule has 2 heterocycles. The minimum Gasteiger partial charge on any atom is -0.378 e. The van der Waals surface area contributed by atoms with Crippen molar-refractivity contribution < 1.29 is 4.79 Å². The molecule has 7 nitrogen and oxygen atoms in total. The van der Waals surface area contributed by atoms with Gasteiger partial charge in [-0.15, -0.1) is 16.8 Å². The molecule has 0 saturated carbocycles. The molecule has 0 saturated heterocycles. The first kappa shape index (κ1) is 19.6. The zero-order valence-electron chi connectivity index (χ0n) is 15.9. The van der Waals surface area contributed by atoms with Gasteiger partial charge in [0.25, 0.3) is 0 Å². The first-order valence-electron chi connectivity index (χ1n) is 8.73.